The average molecular weight is 391 g/mol. The van der Waals surface area contributed by atoms with Crippen molar-refractivity contribution in [2.45, 2.75) is 116 Å². The van der Waals surface area contributed by atoms with E-state index in [0.29, 0.717) is 6.04 Å². The van der Waals surface area contributed by atoms with E-state index in [1.165, 1.54) is 64.8 Å². The van der Waals surface area contributed by atoms with Gasteiger partial charge in [0.25, 0.3) is 0 Å². The maximum absolute atomic E-state index is 2.90. The molecule has 6 aliphatic heterocycles. The van der Waals surface area contributed by atoms with Gasteiger partial charge in [-0.2, -0.15) is 0 Å². The van der Waals surface area contributed by atoms with Gasteiger partial charge in [-0.1, -0.05) is 0 Å². The van der Waals surface area contributed by atoms with Gasteiger partial charge in [-0.25, -0.2) is 0 Å². The van der Waals surface area contributed by atoms with Crippen molar-refractivity contribution in [1.29, 1.82) is 0 Å². The van der Waals surface area contributed by atoms with Crippen molar-refractivity contribution in [1.82, 2.24) is 19.6 Å². The Morgan fingerprint density at radius 2 is 1.29 bits per heavy atom. The standard InChI is InChI=1S/C24H46N4/c1-17(2)25-12-21-9-10-22(14-25)27(13-21)20(6)8-7-19(5)26-15-23-11-24(16-26)28(23)18(3)4/h17-24H,7-16H2,1-6H3. The summed E-state index contributed by atoms with van der Waals surface area (Å²) in [7, 11) is 0. The monoisotopic (exact) mass is 390 g/mol. The lowest BCUT2D eigenvalue weighted by molar-refractivity contribution is -0.0986. The lowest BCUT2D eigenvalue weighted by atomic mass is 9.84. The van der Waals surface area contributed by atoms with E-state index in [0.717, 1.165) is 42.2 Å². The Kier molecular flexibility index (Phi) is 6.42. The van der Waals surface area contributed by atoms with Gasteiger partial charge in [0, 0.05) is 75.0 Å². The first kappa shape index (κ1) is 21.1. The summed E-state index contributed by atoms with van der Waals surface area (Å²) in [6, 6.07) is 5.39. The third kappa shape index (κ3) is 4.17. The maximum atomic E-state index is 2.90. The summed E-state index contributed by atoms with van der Waals surface area (Å²) in [5.41, 5.74) is 0. The van der Waals surface area contributed by atoms with Crippen LogP contribution in [-0.2, 0) is 0 Å². The molecule has 6 rings (SSSR count). The highest BCUT2D eigenvalue weighted by molar-refractivity contribution is 5.03. The molecular weight excluding hydrogens is 344 g/mol. The summed E-state index contributed by atoms with van der Waals surface area (Å²) in [5, 5.41) is 0. The fourth-order valence-corrected chi connectivity index (χ4v) is 6.82. The summed E-state index contributed by atoms with van der Waals surface area (Å²) >= 11 is 0. The maximum Gasteiger partial charge on any atom is 0.0244 e. The molecule has 162 valence electrons. The molecule has 6 fully saturated rings. The van der Waals surface area contributed by atoms with Crippen LogP contribution in [0.2, 0.25) is 0 Å². The van der Waals surface area contributed by atoms with Crippen LogP contribution >= 0.6 is 0 Å². The minimum atomic E-state index is 0.703. The van der Waals surface area contributed by atoms with Gasteiger partial charge in [-0.3, -0.25) is 19.6 Å². The van der Waals surface area contributed by atoms with Crippen LogP contribution in [0.4, 0.5) is 0 Å². The van der Waals surface area contributed by atoms with Gasteiger partial charge in [0.2, 0.25) is 0 Å². The van der Waals surface area contributed by atoms with Crippen molar-refractivity contribution < 1.29 is 0 Å². The number of fused-ring (bicyclic) bond motifs is 6. The fourth-order valence-electron chi connectivity index (χ4n) is 6.82. The van der Waals surface area contributed by atoms with Crippen molar-refractivity contribution in [3.05, 3.63) is 0 Å². The number of piperazine rings is 1. The highest BCUT2D eigenvalue weighted by Gasteiger charge is 2.46. The minimum absolute atomic E-state index is 0.703. The van der Waals surface area contributed by atoms with Crippen molar-refractivity contribution in [3.63, 3.8) is 0 Å². The zero-order chi connectivity index (χ0) is 20.0. The largest absolute Gasteiger partial charge is 0.299 e. The molecular formula is C24H46N4. The van der Waals surface area contributed by atoms with Crippen LogP contribution in [0.3, 0.4) is 0 Å². The molecule has 0 aromatic carbocycles. The van der Waals surface area contributed by atoms with E-state index in [9.17, 15) is 0 Å². The molecule has 0 aromatic rings. The third-order valence-corrected chi connectivity index (χ3v) is 8.58. The molecule has 4 nitrogen and oxygen atoms in total. The minimum Gasteiger partial charge on any atom is -0.299 e. The molecule has 28 heavy (non-hydrogen) atoms. The Balaban J connectivity index is 1.26. The van der Waals surface area contributed by atoms with E-state index in [1.54, 1.807) is 0 Å². The summed E-state index contributed by atoms with van der Waals surface area (Å²) in [6.45, 7) is 21.1. The fraction of sp³-hybridized carbons (Fsp3) is 1.00. The Labute approximate surface area is 174 Å². The molecule has 0 N–H and O–H groups in total. The molecule has 0 spiro atoms. The Hall–Kier alpha value is -0.160. The number of piperidine rings is 2. The summed E-state index contributed by atoms with van der Waals surface area (Å²) < 4.78 is 0. The number of hydrogen-bond donors (Lipinski definition) is 0. The summed E-state index contributed by atoms with van der Waals surface area (Å²) in [6.07, 6.45) is 7.06. The normalized spacial score (nSPS) is 37.3. The molecule has 0 amide bonds. The van der Waals surface area contributed by atoms with E-state index in [4.69, 9.17) is 0 Å². The predicted octanol–water partition coefficient (Wildman–Crippen LogP) is 3.52. The van der Waals surface area contributed by atoms with Crippen LogP contribution in [0.1, 0.15) is 73.6 Å². The van der Waals surface area contributed by atoms with Crippen LogP contribution in [0.25, 0.3) is 0 Å². The average Bonchev–Trinajstić information content (AvgIpc) is 2.97. The van der Waals surface area contributed by atoms with Gasteiger partial charge < -0.3 is 0 Å². The second-order valence-electron chi connectivity index (χ2n) is 11.2. The van der Waals surface area contributed by atoms with Gasteiger partial charge in [0.15, 0.2) is 0 Å². The van der Waals surface area contributed by atoms with Crippen LogP contribution < -0.4 is 0 Å². The van der Waals surface area contributed by atoms with Crippen LogP contribution in [0.5, 0.6) is 0 Å². The van der Waals surface area contributed by atoms with Crippen molar-refractivity contribution in [2.24, 2.45) is 5.92 Å². The molecule has 6 atom stereocenters. The van der Waals surface area contributed by atoms with Crippen LogP contribution in [0, 0.1) is 5.92 Å². The first-order valence-electron chi connectivity index (χ1n) is 12.3. The Morgan fingerprint density at radius 1 is 0.643 bits per heavy atom. The van der Waals surface area contributed by atoms with E-state index in [-0.39, 0.29) is 0 Å². The molecule has 4 heteroatoms. The molecule has 6 unspecified atom stereocenters. The van der Waals surface area contributed by atoms with E-state index in [2.05, 4.69) is 61.1 Å². The number of nitrogens with zero attached hydrogens (tertiary/aromatic N) is 4. The van der Waals surface area contributed by atoms with Crippen LogP contribution in [0.15, 0.2) is 0 Å². The second kappa shape index (κ2) is 8.53. The second-order valence-corrected chi connectivity index (χ2v) is 11.2. The summed E-state index contributed by atoms with van der Waals surface area (Å²) in [4.78, 5) is 11.2. The van der Waals surface area contributed by atoms with Crippen molar-refractivity contribution in [2.75, 3.05) is 32.7 Å². The first-order valence-corrected chi connectivity index (χ1v) is 12.3. The molecule has 0 aliphatic carbocycles. The zero-order valence-corrected chi connectivity index (χ0v) is 19.5. The van der Waals surface area contributed by atoms with E-state index in [1.807, 2.05) is 0 Å². The molecule has 0 radical (unpaired) electrons. The quantitative estimate of drug-likeness (QED) is 0.659. The number of hydrogen-bond acceptors (Lipinski definition) is 4. The van der Waals surface area contributed by atoms with Gasteiger partial charge in [-0.05, 0) is 79.6 Å². The molecule has 6 heterocycles. The molecule has 0 saturated carbocycles. The molecule has 4 bridgehead atoms. The van der Waals surface area contributed by atoms with Crippen molar-refractivity contribution >= 4 is 0 Å². The SMILES string of the molecule is CC(C)N1CC2CCC(C1)N(C(C)CCC(C)N1CC3CC(C1)N3C(C)C)C2. The van der Waals surface area contributed by atoms with Crippen LogP contribution in [-0.4, -0.2) is 94.6 Å². The zero-order valence-electron chi connectivity index (χ0n) is 19.5. The number of rotatable bonds is 7. The van der Waals surface area contributed by atoms with Gasteiger partial charge in [0.1, 0.15) is 0 Å². The molecule has 6 aliphatic rings. The molecule has 0 aromatic heterocycles. The lowest BCUT2D eigenvalue weighted by Crippen LogP contribution is -2.71. The van der Waals surface area contributed by atoms with Gasteiger partial charge >= 0.3 is 0 Å². The molecule has 6 saturated heterocycles. The van der Waals surface area contributed by atoms with E-state index >= 15 is 0 Å². The van der Waals surface area contributed by atoms with E-state index < -0.39 is 0 Å². The highest BCUT2D eigenvalue weighted by Crippen LogP contribution is 2.36. The Morgan fingerprint density at radius 3 is 1.93 bits per heavy atom. The van der Waals surface area contributed by atoms with Gasteiger partial charge in [-0.15, -0.1) is 0 Å². The van der Waals surface area contributed by atoms with Crippen molar-refractivity contribution in [3.8, 4) is 0 Å². The smallest absolute Gasteiger partial charge is 0.0244 e. The Bertz CT molecular complexity index is 509. The highest BCUT2D eigenvalue weighted by atomic mass is 15.4. The lowest BCUT2D eigenvalue weighted by Gasteiger charge is -2.59. The predicted molar refractivity (Wildman–Crippen MR) is 119 cm³/mol. The topological polar surface area (TPSA) is 13.0 Å². The first-order chi connectivity index (χ1) is 13.3. The summed E-state index contributed by atoms with van der Waals surface area (Å²) in [5.74, 6) is 0.900. The van der Waals surface area contributed by atoms with Gasteiger partial charge in [0.05, 0.1) is 0 Å². The third-order valence-electron chi connectivity index (χ3n) is 8.58.